The highest BCUT2D eigenvalue weighted by atomic mass is 16.5. The van der Waals surface area contributed by atoms with Crippen molar-refractivity contribution in [2.75, 3.05) is 20.3 Å². The number of methoxy groups -OCH3 is 1. The molecule has 1 aliphatic rings. The third-order valence-corrected chi connectivity index (χ3v) is 4.16. The third kappa shape index (κ3) is 3.73. The molecule has 1 unspecified atom stereocenters. The molecular formula is C16H25N3O2. The Bertz CT molecular complexity index is 444. The van der Waals surface area contributed by atoms with Gasteiger partial charge >= 0.3 is 6.03 Å². The molecule has 0 aromatic carbocycles. The van der Waals surface area contributed by atoms with Crippen LogP contribution in [0, 0.1) is 0 Å². The van der Waals surface area contributed by atoms with E-state index in [1.54, 1.807) is 19.5 Å². The molecule has 1 aromatic rings. The van der Waals surface area contributed by atoms with Crippen molar-refractivity contribution in [3.8, 4) is 0 Å². The average Bonchev–Trinajstić information content (AvgIpc) is 2.90. The summed E-state index contributed by atoms with van der Waals surface area (Å²) < 4.78 is 5.39. The number of pyridine rings is 1. The summed E-state index contributed by atoms with van der Waals surface area (Å²) >= 11 is 0. The summed E-state index contributed by atoms with van der Waals surface area (Å²) in [6.45, 7) is 4.12. The molecule has 0 bridgehead atoms. The molecule has 21 heavy (non-hydrogen) atoms. The first-order valence-electron chi connectivity index (χ1n) is 7.65. The number of aromatic nitrogens is 1. The second kappa shape index (κ2) is 7.41. The highest BCUT2D eigenvalue weighted by Crippen LogP contribution is 2.34. The molecule has 1 aromatic heterocycles. The Hall–Kier alpha value is -1.62. The Kier molecular flexibility index (Phi) is 5.56. The van der Waals surface area contributed by atoms with Gasteiger partial charge in [-0.1, -0.05) is 13.3 Å². The molecule has 0 spiro atoms. The van der Waals surface area contributed by atoms with E-state index in [9.17, 15) is 4.79 Å². The number of carbonyl (C=O) groups excluding carboxylic acids is 1. The number of likely N-dealkylation sites (tertiary alicyclic amines) is 1. The summed E-state index contributed by atoms with van der Waals surface area (Å²) in [5.74, 6) is 0. The number of urea groups is 1. The molecule has 1 saturated heterocycles. The summed E-state index contributed by atoms with van der Waals surface area (Å²) in [5, 5.41) is 3.02. The molecule has 0 radical (unpaired) electrons. The molecule has 1 atom stereocenters. The van der Waals surface area contributed by atoms with Crippen LogP contribution in [0.15, 0.2) is 24.5 Å². The maximum absolute atomic E-state index is 12.5. The Morgan fingerprint density at radius 2 is 2.24 bits per heavy atom. The molecular weight excluding hydrogens is 266 g/mol. The number of nitrogens with zero attached hydrogens (tertiary/aromatic N) is 2. The van der Waals surface area contributed by atoms with Crippen LogP contribution in [0.1, 0.15) is 38.2 Å². The molecule has 1 fully saturated rings. The van der Waals surface area contributed by atoms with Gasteiger partial charge in [-0.25, -0.2) is 4.79 Å². The van der Waals surface area contributed by atoms with E-state index in [4.69, 9.17) is 4.74 Å². The minimum atomic E-state index is -0.133. The SMILES string of the molecule is CCCC1(COC)CCCN1C(=O)NCc1ccncc1. The van der Waals surface area contributed by atoms with Crippen LogP contribution in [0.3, 0.4) is 0 Å². The minimum absolute atomic E-state index is 0.00909. The lowest BCUT2D eigenvalue weighted by atomic mass is 9.91. The fourth-order valence-electron chi connectivity index (χ4n) is 3.25. The standard InChI is InChI=1S/C16H25N3O2/c1-3-7-16(13-21-2)8-4-11-19(16)15(20)18-12-14-5-9-17-10-6-14/h5-6,9-10H,3-4,7-8,11-13H2,1-2H3,(H,18,20). The van der Waals surface area contributed by atoms with Gasteiger partial charge in [0.15, 0.2) is 0 Å². The first kappa shape index (κ1) is 15.8. The predicted molar refractivity (Wildman–Crippen MR) is 81.9 cm³/mol. The first-order chi connectivity index (χ1) is 10.2. The van der Waals surface area contributed by atoms with E-state index in [1.807, 2.05) is 17.0 Å². The van der Waals surface area contributed by atoms with Gasteiger partial charge in [0.2, 0.25) is 0 Å². The molecule has 5 nitrogen and oxygen atoms in total. The summed E-state index contributed by atoms with van der Waals surface area (Å²) in [6.07, 6.45) is 7.59. The van der Waals surface area contributed by atoms with Gasteiger partial charge in [0.25, 0.3) is 0 Å². The van der Waals surface area contributed by atoms with Gasteiger partial charge in [0.1, 0.15) is 0 Å². The number of nitrogens with one attached hydrogen (secondary N) is 1. The molecule has 1 aliphatic heterocycles. The molecule has 2 heterocycles. The van der Waals surface area contributed by atoms with Crippen LogP contribution in [-0.4, -0.2) is 41.7 Å². The van der Waals surface area contributed by atoms with Gasteiger partial charge in [-0.3, -0.25) is 4.98 Å². The summed E-state index contributed by atoms with van der Waals surface area (Å²) in [4.78, 5) is 18.5. The van der Waals surface area contributed by atoms with E-state index in [0.29, 0.717) is 13.2 Å². The number of carbonyl (C=O) groups is 1. The van der Waals surface area contributed by atoms with E-state index >= 15 is 0 Å². The van der Waals surface area contributed by atoms with Crippen molar-refractivity contribution in [2.24, 2.45) is 0 Å². The molecule has 0 aliphatic carbocycles. The lowest BCUT2D eigenvalue weighted by Crippen LogP contribution is -2.53. The predicted octanol–water partition coefficient (Wildman–Crippen LogP) is 2.57. The fraction of sp³-hybridized carbons (Fsp3) is 0.625. The molecule has 0 saturated carbocycles. The van der Waals surface area contributed by atoms with Gasteiger partial charge in [-0.05, 0) is 37.0 Å². The Labute approximate surface area is 126 Å². The van der Waals surface area contributed by atoms with Crippen LogP contribution in [-0.2, 0) is 11.3 Å². The molecule has 2 rings (SSSR count). The summed E-state index contributed by atoms with van der Waals surface area (Å²) in [5.41, 5.74) is 0.927. The van der Waals surface area contributed by atoms with Gasteiger partial charge in [-0.2, -0.15) is 0 Å². The molecule has 2 amide bonds. The summed E-state index contributed by atoms with van der Waals surface area (Å²) in [6, 6.07) is 3.84. The maximum Gasteiger partial charge on any atom is 0.318 e. The van der Waals surface area contributed by atoms with Crippen molar-refractivity contribution in [1.82, 2.24) is 15.2 Å². The van der Waals surface area contributed by atoms with E-state index in [0.717, 1.165) is 37.8 Å². The second-order valence-electron chi connectivity index (χ2n) is 5.68. The minimum Gasteiger partial charge on any atom is -0.382 e. The zero-order valence-corrected chi connectivity index (χ0v) is 13.0. The number of rotatable bonds is 6. The third-order valence-electron chi connectivity index (χ3n) is 4.16. The zero-order valence-electron chi connectivity index (χ0n) is 13.0. The number of hydrogen-bond acceptors (Lipinski definition) is 3. The van der Waals surface area contributed by atoms with Gasteiger partial charge in [-0.15, -0.1) is 0 Å². The van der Waals surface area contributed by atoms with Crippen LogP contribution in [0.2, 0.25) is 0 Å². The van der Waals surface area contributed by atoms with Crippen LogP contribution in [0.5, 0.6) is 0 Å². The van der Waals surface area contributed by atoms with E-state index < -0.39 is 0 Å². The van der Waals surface area contributed by atoms with Crippen LogP contribution < -0.4 is 5.32 Å². The lowest BCUT2D eigenvalue weighted by Gasteiger charge is -2.38. The Balaban J connectivity index is 1.99. The zero-order chi connectivity index (χ0) is 15.1. The van der Waals surface area contributed by atoms with E-state index in [-0.39, 0.29) is 11.6 Å². The van der Waals surface area contributed by atoms with Crippen LogP contribution in [0.25, 0.3) is 0 Å². The van der Waals surface area contributed by atoms with Crippen molar-refractivity contribution in [3.05, 3.63) is 30.1 Å². The van der Waals surface area contributed by atoms with Gasteiger partial charge in [0, 0.05) is 32.6 Å². The topological polar surface area (TPSA) is 54.5 Å². The molecule has 1 N–H and O–H groups in total. The quantitative estimate of drug-likeness (QED) is 0.876. The highest BCUT2D eigenvalue weighted by Gasteiger charge is 2.42. The first-order valence-corrected chi connectivity index (χ1v) is 7.65. The largest absolute Gasteiger partial charge is 0.382 e. The van der Waals surface area contributed by atoms with Crippen LogP contribution >= 0.6 is 0 Å². The smallest absolute Gasteiger partial charge is 0.318 e. The number of hydrogen-bond donors (Lipinski definition) is 1. The Morgan fingerprint density at radius 1 is 1.48 bits per heavy atom. The Morgan fingerprint density at radius 3 is 2.90 bits per heavy atom. The van der Waals surface area contributed by atoms with Gasteiger partial charge in [0.05, 0.1) is 12.1 Å². The van der Waals surface area contributed by atoms with Crippen molar-refractivity contribution in [1.29, 1.82) is 0 Å². The lowest BCUT2D eigenvalue weighted by molar-refractivity contribution is 0.0501. The highest BCUT2D eigenvalue weighted by molar-refractivity contribution is 5.75. The van der Waals surface area contributed by atoms with Crippen molar-refractivity contribution in [3.63, 3.8) is 0 Å². The summed E-state index contributed by atoms with van der Waals surface area (Å²) in [7, 11) is 1.71. The number of ether oxygens (including phenoxy) is 1. The van der Waals surface area contributed by atoms with E-state index in [1.165, 1.54) is 0 Å². The second-order valence-corrected chi connectivity index (χ2v) is 5.68. The van der Waals surface area contributed by atoms with Crippen molar-refractivity contribution in [2.45, 2.75) is 44.7 Å². The van der Waals surface area contributed by atoms with Gasteiger partial charge < -0.3 is 15.0 Å². The van der Waals surface area contributed by atoms with Crippen molar-refractivity contribution >= 4 is 6.03 Å². The normalized spacial score (nSPS) is 21.5. The number of amides is 2. The average molecular weight is 291 g/mol. The van der Waals surface area contributed by atoms with Crippen LogP contribution in [0.4, 0.5) is 4.79 Å². The molecule has 5 heteroatoms. The van der Waals surface area contributed by atoms with Crippen molar-refractivity contribution < 1.29 is 9.53 Å². The van der Waals surface area contributed by atoms with E-state index in [2.05, 4.69) is 17.2 Å². The molecule has 116 valence electrons. The monoisotopic (exact) mass is 291 g/mol. The fourth-order valence-corrected chi connectivity index (χ4v) is 3.25. The maximum atomic E-state index is 12.5.